The zero-order valence-corrected chi connectivity index (χ0v) is 14.2. The number of pyridine rings is 1. The molecule has 1 amide bonds. The molecule has 2 N–H and O–H groups in total. The number of nitrogens with zero attached hydrogens (tertiary/aromatic N) is 2. The number of aromatic nitrogens is 1. The number of nitrogens with one attached hydrogen (secondary N) is 1. The molecule has 0 saturated carbocycles. The first-order valence-electron chi connectivity index (χ1n) is 7.93. The molecule has 1 aromatic heterocycles. The maximum absolute atomic E-state index is 12.6. The van der Waals surface area contributed by atoms with Crippen molar-refractivity contribution in [3.63, 3.8) is 0 Å². The van der Waals surface area contributed by atoms with Crippen molar-refractivity contribution in [1.29, 1.82) is 0 Å². The Morgan fingerprint density at radius 3 is 2.74 bits per heavy atom. The molecule has 0 fully saturated rings. The van der Waals surface area contributed by atoms with Gasteiger partial charge in [0.05, 0.1) is 22.8 Å². The van der Waals surface area contributed by atoms with E-state index in [9.17, 15) is 9.90 Å². The lowest BCUT2D eigenvalue weighted by Gasteiger charge is -2.32. The van der Waals surface area contributed by atoms with E-state index in [1.54, 1.807) is 20.0 Å². The normalized spacial score (nSPS) is 13.3. The van der Waals surface area contributed by atoms with Crippen LogP contribution in [0.3, 0.4) is 0 Å². The highest BCUT2D eigenvalue weighted by molar-refractivity contribution is 6.02. The summed E-state index contributed by atoms with van der Waals surface area (Å²) < 4.78 is 0. The molecule has 0 spiro atoms. The van der Waals surface area contributed by atoms with Gasteiger partial charge < -0.3 is 10.4 Å². The van der Waals surface area contributed by atoms with Crippen LogP contribution in [0.5, 0.6) is 0 Å². The molecule has 0 aliphatic rings. The Kier molecular flexibility index (Phi) is 5.34. The van der Waals surface area contributed by atoms with Crippen molar-refractivity contribution in [2.24, 2.45) is 0 Å². The molecular weight excluding hydrogens is 290 g/mol. The van der Waals surface area contributed by atoms with E-state index in [1.807, 2.05) is 49.1 Å². The van der Waals surface area contributed by atoms with Gasteiger partial charge in [-0.15, -0.1) is 0 Å². The summed E-state index contributed by atoms with van der Waals surface area (Å²) in [5.41, 5.74) is 0.766. The number of fused-ring (bicyclic) bond motifs is 1. The number of amides is 1. The lowest BCUT2D eigenvalue weighted by molar-refractivity contribution is -0.121. The summed E-state index contributed by atoms with van der Waals surface area (Å²) in [5.74, 6) is -0.0903. The van der Waals surface area contributed by atoms with Crippen LogP contribution in [0.2, 0.25) is 0 Å². The van der Waals surface area contributed by atoms with Crippen LogP contribution in [0.25, 0.3) is 10.9 Å². The molecule has 5 nitrogen and oxygen atoms in total. The first-order valence-corrected chi connectivity index (χ1v) is 7.93. The monoisotopic (exact) mass is 315 g/mol. The van der Waals surface area contributed by atoms with Gasteiger partial charge in [-0.3, -0.25) is 14.7 Å². The second kappa shape index (κ2) is 7.06. The fourth-order valence-electron chi connectivity index (χ4n) is 2.63. The first kappa shape index (κ1) is 17.4. The summed E-state index contributed by atoms with van der Waals surface area (Å²) in [4.78, 5) is 18.8. The number of anilines is 1. The average Bonchev–Trinajstić information content (AvgIpc) is 2.51. The van der Waals surface area contributed by atoms with E-state index in [0.717, 1.165) is 16.6 Å². The predicted molar refractivity (Wildman–Crippen MR) is 93.4 cm³/mol. The SMILES string of the molecule is CCN(CC(C)(C)O)C(C)C(=O)Nc1cccc2ncccc12. The van der Waals surface area contributed by atoms with E-state index in [-0.39, 0.29) is 11.9 Å². The second-order valence-electron chi connectivity index (χ2n) is 6.42. The molecule has 124 valence electrons. The third kappa shape index (κ3) is 4.50. The Balaban J connectivity index is 2.16. The maximum Gasteiger partial charge on any atom is 0.241 e. The highest BCUT2D eigenvalue weighted by Crippen LogP contribution is 2.22. The van der Waals surface area contributed by atoms with Crippen LogP contribution < -0.4 is 5.32 Å². The lowest BCUT2D eigenvalue weighted by Crippen LogP contribution is -2.48. The topological polar surface area (TPSA) is 65.5 Å². The van der Waals surface area contributed by atoms with Gasteiger partial charge in [-0.2, -0.15) is 0 Å². The third-order valence-electron chi connectivity index (χ3n) is 3.83. The number of carbonyl (C=O) groups excluding carboxylic acids is 1. The fraction of sp³-hybridized carbons (Fsp3) is 0.444. The quantitative estimate of drug-likeness (QED) is 0.860. The van der Waals surface area contributed by atoms with Crippen LogP contribution in [0.4, 0.5) is 5.69 Å². The Bertz CT molecular complexity index is 674. The molecular formula is C18H25N3O2. The van der Waals surface area contributed by atoms with Crippen molar-refractivity contribution in [1.82, 2.24) is 9.88 Å². The Morgan fingerprint density at radius 2 is 2.09 bits per heavy atom. The summed E-state index contributed by atoms with van der Waals surface area (Å²) in [6.07, 6.45) is 1.73. The standard InChI is InChI=1S/C18H25N3O2/c1-5-21(12-18(3,4)23)13(2)17(22)20-16-10-6-9-15-14(16)8-7-11-19-15/h6-11,13,23H,5,12H2,1-4H3,(H,20,22). The summed E-state index contributed by atoms with van der Waals surface area (Å²) >= 11 is 0. The van der Waals surface area contributed by atoms with Gasteiger partial charge in [0.15, 0.2) is 0 Å². The van der Waals surface area contributed by atoms with Crippen molar-refractivity contribution in [2.45, 2.75) is 39.3 Å². The molecule has 23 heavy (non-hydrogen) atoms. The van der Waals surface area contributed by atoms with Crippen molar-refractivity contribution >= 4 is 22.5 Å². The second-order valence-corrected chi connectivity index (χ2v) is 6.42. The fourth-order valence-corrected chi connectivity index (χ4v) is 2.63. The summed E-state index contributed by atoms with van der Waals surface area (Å²) in [7, 11) is 0. The van der Waals surface area contributed by atoms with Gasteiger partial charge in [0.25, 0.3) is 0 Å². The number of rotatable bonds is 6. The molecule has 2 aromatic rings. The van der Waals surface area contributed by atoms with Crippen molar-refractivity contribution < 1.29 is 9.90 Å². The minimum Gasteiger partial charge on any atom is -0.389 e. The van der Waals surface area contributed by atoms with Gasteiger partial charge in [0.1, 0.15) is 0 Å². The van der Waals surface area contributed by atoms with E-state index < -0.39 is 5.60 Å². The van der Waals surface area contributed by atoms with Crippen LogP contribution in [-0.2, 0) is 4.79 Å². The van der Waals surface area contributed by atoms with Gasteiger partial charge in [-0.05, 0) is 51.6 Å². The van der Waals surface area contributed by atoms with E-state index in [0.29, 0.717) is 13.1 Å². The van der Waals surface area contributed by atoms with Crippen molar-refractivity contribution in [3.8, 4) is 0 Å². The van der Waals surface area contributed by atoms with Crippen LogP contribution in [0.15, 0.2) is 36.5 Å². The number of hydrogen-bond acceptors (Lipinski definition) is 4. The third-order valence-corrected chi connectivity index (χ3v) is 3.83. The minimum absolute atomic E-state index is 0.0903. The van der Waals surface area contributed by atoms with Gasteiger partial charge in [0.2, 0.25) is 5.91 Å². The van der Waals surface area contributed by atoms with E-state index in [4.69, 9.17) is 0 Å². The summed E-state index contributed by atoms with van der Waals surface area (Å²) in [6, 6.07) is 9.13. The Morgan fingerprint density at radius 1 is 1.35 bits per heavy atom. The zero-order valence-electron chi connectivity index (χ0n) is 14.2. The van der Waals surface area contributed by atoms with Gasteiger partial charge >= 0.3 is 0 Å². The molecule has 1 unspecified atom stereocenters. The van der Waals surface area contributed by atoms with Crippen LogP contribution in [-0.4, -0.2) is 45.6 Å². The van der Waals surface area contributed by atoms with E-state index in [2.05, 4.69) is 10.3 Å². The largest absolute Gasteiger partial charge is 0.389 e. The minimum atomic E-state index is -0.839. The number of aliphatic hydroxyl groups is 1. The number of carbonyl (C=O) groups is 1. The zero-order chi connectivity index (χ0) is 17.0. The van der Waals surface area contributed by atoms with Crippen LogP contribution in [0, 0.1) is 0 Å². The lowest BCUT2D eigenvalue weighted by atomic mass is 10.1. The smallest absolute Gasteiger partial charge is 0.241 e. The highest BCUT2D eigenvalue weighted by atomic mass is 16.3. The van der Waals surface area contributed by atoms with E-state index in [1.165, 1.54) is 0 Å². The first-order chi connectivity index (χ1) is 10.8. The van der Waals surface area contributed by atoms with Crippen LogP contribution in [0.1, 0.15) is 27.7 Å². The van der Waals surface area contributed by atoms with Gasteiger partial charge in [0, 0.05) is 18.1 Å². The highest BCUT2D eigenvalue weighted by Gasteiger charge is 2.25. The summed E-state index contributed by atoms with van der Waals surface area (Å²) in [6.45, 7) is 8.46. The molecule has 0 saturated heterocycles. The van der Waals surface area contributed by atoms with Crippen LogP contribution >= 0.6 is 0 Å². The summed E-state index contributed by atoms with van der Waals surface area (Å²) in [5, 5.41) is 13.9. The molecule has 2 rings (SSSR count). The number of hydrogen-bond donors (Lipinski definition) is 2. The van der Waals surface area contributed by atoms with E-state index >= 15 is 0 Å². The molecule has 0 bridgehead atoms. The molecule has 5 heteroatoms. The maximum atomic E-state index is 12.6. The molecule has 0 aliphatic carbocycles. The Hall–Kier alpha value is -1.98. The van der Waals surface area contributed by atoms with Crippen molar-refractivity contribution in [3.05, 3.63) is 36.5 Å². The molecule has 0 aliphatic heterocycles. The Labute approximate surface area is 137 Å². The number of benzene rings is 1. The molecule has 0 radical (unpaired) electrons. The molecule has 1 heterocycles. The van der Waals surface area contributed by atoms with Crippen molar-refractivity contribution in [2.75, 3.05) is 18.4 Å². The van der Waals surface area contributed by atoms with Gasteiger partial charge in [-0.1, -0.05) is 13.0 Å². The average molecular weight is 315 g/mol. The molecule has 1 aromatic carbocycles. The number of likely N-dealkylation sites (N-methyl/N-ethyl adjacent to an activating group) is 1. The molecule has 1 atom stereocenters. The van der Waals surface area contributed by atoms with Gasteiger partial charge in [-0.25, -0.2) is 0 Å². The predicted octanol–water partition coefficient (Wildman–Crippen LogP) is 2.65.